The zero-order valence-corrected chi connectivity index (χ0v) is 10.6. The molecular weight excluding hydrogens is 252 g/mol. The van der Waals surface area contributed by atoms with E-state index in [0.29, 0.717) is 11.4 Å². The summed E-state index contributed by atoms with van der Waals surface area (Å²) in [7, 11) is 0. The summed E-state index contributed by atoms with van der Waals surface area (Å²) in [6.07, 6.45) is 1.41. The molecule has 0 aliphatic carbocycles. The zero-order valence-electron chi connectivity index (χ0n) is 10.6. The number of benzene rings is 2. The Morgan fingerprint density at radius 2 is 1.60 bits per heavy atom. The molecule has 0 saturated carbocycles. The number of rotatable bonds is 3. The highest BCUT2D eigenvalue weighted by molar-refractivity contribution is 6.03. The maximum atomic E-state index is 12.0. The van der Waals surface area contributed by atoms with E-state index in [0.717, 1.165) is 11.1 Å². The van der Waals surface area contributed by atoms with Gasteiger partial charge in [0.05, 0.1) is 0 Å². The minimum atomic E-state index is -0.210. The molecule has 3 aromatic rings. The van der Waals surface area contributed by atoms with Gasteiger partial charge in [-0.2, -0.15) is 0 Å². The van der Waals surface area contributed by atoms with Gasteiger partial charge in [-0.1, -0.05) is 47.6 Å². The van der Waals surface area contributed by atoms with Gasteiger partial charge in [-0.05, 0) is 23.3 Å². The summed E-state index contributed by atoms with van der Waals surface area (Å²) in [4.78, 5) is 12.0. The number of nitrogens with zero attached hydrogens (tertiary/aromatic N) is 1. The summed E-state index contributed by atoms with van der Waals surface area (Å²) in [5, 5.41) is 6.29. The lowest BCUT2D eigenvalue weighted by molar-refractivity contribution is 0.102. The Morgan fingerprint density at radius 1 is 0.900 bits per heavy atom. The molecule has 2 aromatic carbocycles. The van der Waals surface area contributed by atoms with Gasteiger partial charge in [-0.15, -0.1) is 0 Å². The van der Waals surface area contributed by atoms with E-state index in [1.807, 2.05) is 42.5 Å². The van der Waals surface area contributed by atoms with Crippen molar-refractivity contribution in [3.63, 3.8) is 0 Å². The van der Waals surface area contributed by atoms with Crippen molar-refractivity contribution >= 4 is 11.7 Å². The van der Waals surface area contributed by atoms with Gasteiger partial charge in [0.15, 0.2) is 5.82 Å². The topological polar surface area (TPSA) is 55.1 Å². The third-order valence-electron chi connectivity index (χ3n) is 2.93. The number of carbonyl (C=O) groups is 1. The van der Waals surface area contributed by atoms with E-state index in [1.165, 1.54) is 6.26 Å². The Labute approximate surface area is 116 Å². The number of amides is 1. The van der Waals surface area contributed by atoms with Crippen LogP contribution < -0.4 is 5.32 Å². The van der Waals surface area contributed by atoms with Crippen LogP contribution in [0.3, 0.4) is 0 Å². The van der Waals surface area contributed by atoms with Crippen LogP contribution in [0, 0.1) is 0 Å². The van der Waals surface area contributed by atoms with Crippen molar-refractivity contribution in [2.45, 2.75) is 0 Å². The molecular formula is C16H12N2O2. The first-order valence-electron chi connectivity index (χ1n) is 6.20. The van der Waals surface area contributed by atoms with Gasteiger partial charge in [0.25, 0.3) is 5.91 Å². The first-order chi connectivity index (χ1) is 9.83. The van der Waals surface area contributed by atoms with E-state index in [4.69, 9.17) is 0 Å². The SMILES string of the molecule is O=C(Nc1ccon1)c1ccc(-c2ccccc2)cc1. The van der Waals surface area contributed by atoms with Crippen LogP contribution in [0.25, 0.3) is 11.1 Å². The molecule has 1 amide bonds. The molecule has 0 unspecified atom stereocenters. The first-order valence-corrected chi connectivity index (χ1v) is 6.20. The van der Waals surface area contributed by atoms with Gasteiger partial charge in [0, 0.05) is 11.6 Å². The van der Waals surface area contributed by atoms with Crippen LogP contribution >= 0.6 is 0 Å². The fourth-order valence-electron chi connectivity index (χ4n) is 1.91. The van der Waals surface area contributed by atoms with Gasteiger partial charge >= 0.3 is 0 Å². The Bertz CT molecular complexity index is 689. The average Bonchev–Trinajstić information content (AvgIpc) is 3.01. The summed E-state index contributed by atoms with van der Waals surface area (Å²) in [6.45, 7) is 0. The highest BCUT2D eigenvalue weighted by Gasteiger charge is 2.07. The lowest BCUT2D eigenvalue weighted by Crippen LogP contribution is -2.11. The summed E-state index contributed by atoms with van der Waals surface area (Å²) in [5.41, 5.74) is 2.77. The Hall–Kier alpha value is -2.88. The third-order valence-corrected chi connectivity index (χ3v) is 2.93. The van der Waals surface area contributed by atoms with Gasteiger partial charge < -0.3 is 9.84 Å². The van der Waals surface area contributed by atoms with Crippen molar-refractivity contribution in [1.29, 1.82) is 0 Å². The molecule has 20 heavy (non-hydrogen) atoms. The molecule has 0 saturated heterocycles. The summed E-state index contributed by atoms with van der Waals surface area (Å²) >= 11 is 0. The second-order valence-electron chi connectivity index (χ2n) is 4.28. The lowest BCUT2D eigenvalue weighted by atomic mass is 10.0. The molecule has 0 bridgehead atoms. The summed E-state index contributed by atoms with van der Waals surface area (Å²) < 4.78 is 4.66. The predicted octanol–water partition coefficient (Wildman–Crippen LogP) is 3.59. The normalized spacial score (nSPS) is 10.2. The second kappa shape index (κ2) is 5.40. The van der Waals surface area contributed by atoms with Gasteiger partial charge in [-0.25, -0.2) is 0 Å². The van der Waals surface area contributed by atoms with Crippen molar-refractivity contribution in [1.82, 2.24) is 5.16 Å². The molecule has 0 radical (unpaired) electrons. The number of nitrogens with one attached hydrogen (secondary N) is 1. The molecule has 1 N–H and O–H groups in total. The minimum absolute atomic E-state index is 0.210. The van der Waals surface area contributed by atoms with Crippen LogP contribution in [0.1, 0.15) is 10.4 Å². The number of carbonyl (C=O) groups excluding carboxylic acids is 1. The van der Waals surface area contributed by atoms with E-state index in [2.05, 4.69) is 15.0 Å². The maximum Gasteiger partial charge on any atom is 0.256 e. The van der Waals surface area contributed by atoms with Crippen LogP contribution in [0.5, 0.6) is 0 Å². The van der Waals surface area contributed by atoms with Crippen LogP contribution in [-0.2, 0) is 0 Å². The molecule has 98 valence electrons. The lowest BCUT2D eigenvalue weighted by Gasteiger charge is -2.04. The molecule has 0 spiro atoms. The summed E-state index contributed by atoms with van der Waals surface area (Å²) in [5.74, 6) is 0.195. The van der Waals surface area contributed by atoms with Crippen LogP contribution in [0.4, 0.5) is 5.82 Å². The Balaban J connectivity index is 1.78. The number of hydrogen-bond donors (Lipinski definition) is 1. The quantitative estimate of drug-likeness (QED) is 0.786. The maximum absolute atomic E-state index is 12.0. The molecule has 3 rings (SSSR count). The van der Waals surface area contributed by atoms with Crippen LogP contribution in [0.2, 0.25) is 0 Å². The molecule has 0 fully saturated rings. The van der Waals surface area contributed by atoms with E-state index in [1.54, 1.807) is 18.2 Å². The highest BCUT2D eigenvalue weighted by Crippen LogP contribution is 2.19. The summed E-state index contributed by atoms with van der Waals surface area (Å²) in [6, 6.07) is 19.0. The van der Waals surface area contributed by atoms with E-state index < -0.39 is 0 Å². The zero-order chi connectivity index (χ0) is 13.8. The van der Waals surface area contributed by atoms with Gasteiger partial charge in [-0.3, -0.25) is 4.79 Å². The smallest absolute Gasteiger partial charge is 0.256 e. The number of aromatic nitrogens is 1. The van der Waals surface area contributed by atoms with Crippen molar-refractivity contribution in [3.05, 3.63) is 72.5 Å². The van der Waals surface area contributed by atoms with E-state index >= 15 is 0 Å². The van der Waals surface area contributed by atoms with Crippen LogP contribution in [-0.4, -0.2) is 11.1 Å². The number of anilines is 1. The van der Waals surface area contributed by atoms with E-state index in [9.17, 15) is 4.79 Å². The number of hydrogen-bond acceptors (Lipinski definition) is 3. The van der Waals surface area contributed by atoms with Crippen LogP contribution in [0.15, 0.2) is 71.4 Å². The largest absolute Gasteiger partial charge is 0.363 e. The monoisotopic (exact) mass is 264 g/mol. The van der Waals surface area contributed by atoms with Crippen molar-refractivity contribution < 1.29 is 9.32 Å². The van der Waals surface area contributed by atoms with Crippen molar-refractivity contribution in [2.24, 2.45) is 0 Å². The first kappa shape index (κ1) is 12.2. The highest BCUT2D eigenvalue weighted by atomic mass is 16.5. The molecule has 1 heterocycles. The van der Waals surface area contributed by atoms with Gasteiger partial charge in [0.1, 0.15) is 6.26 Å². The van der Waals surface area contributed by atoms with Crippen molar-refractivity contribution in [2.75, 3.05) is 5.32 Å². The molecule has 4 nitrogen and oxygen atoms in total. The predicted molar refractivity (Wildman–Crippen MR) is 76.3 cm³/mol. The minimum Gasteiger partial charge on any atom is -0.363 e. The fourth-order valence-corrected chi connectivity index (χ4v) is 1.91. The molecule has 4 heteroatoms. The molecule has 1 aromatic heterocycles. The Morgan fingerprint density at radius 3 is 2.25 bits per heavy atom. The second-order valence-corrected chi connectivity index (χ2v) is 4.28. The fraction of sp³-hybridized carbons (Fsp3) is 0. The molecule has 0 aliphatic rings. The third kappa shape index (κ3) is 2.59. The van der Waals surface area contributed by atoms with E-state index in [-0.39, 0.29) is 5.91 Å². The molecule has 0 aliphatic heterocycles. The van der Waals surface area contributed by atoms with Gasteiger partial charge in [0.2, 0.25) is 0 Å². The van der Waals surface area contributed by atoms with Crippen molar-refractivity contribution in [3.8, 4) is 11.1 Å². The average molecular weight is 264 g/mol. The standard InChI is InChI=1S/C16H12N2O2/c19-16(17-15-10-11-20-18-15)14-8-6-13(7-9-14)12-4-2-1-3-5-12/h1-11H,(H,17,18,19). The Kier molecular flexibility index (Phi) is 3.29. The molecule has 0 atom stereocenters.